The summed E-state index contributed by atoms with van der Waals surface area (Å²) in [4.78, 5) is 7.15. The van der Waals surface area contributed by atoms with Gasteiger partial charge in [-0.25, -0.2) is 4.98 Å². The van der Waals surface area contributed by atoms with Gasteiger partial charge in [-0.05, 0) is 44.0 Å². The van der Waals surface area contributed by atoms with Crippen LogP contribution in [0.1, 0.15) is 17.7 Å². The van der Waals surface area contributed by atoms with Gasteiger partial charge in [-0.15, -0.1) is 0 Å². The van der Waals surface area contributed by atoms with Crippen LogP contribution in [0.4, 0.5) is 0 Å². The van der Waals surface area contributed by atoms with E-state index in [0.717, 1.165) is 53.4 Å². The highest BCUT2D eigenvalue weighted by Crippen LogP contribution is 2.28. The Morgan fingerprint density at radius 1 is 1.40 bits per heavy atom. The minimum Gasteiger partial charge on any atom is -0.330 e. The number of para-hydroxylation sites is 1. The summed E-state index contributed by atoms with van der Waals surface area (Å²) in [6.07, 6.45) is 1.18. The molecule has 1 saturated heterocycles. The maximum atomic E-state index is 6.51. The summed E-state index contributed by atoms with van der Waals surface area (Å²) in [5.41, 5.74) is 8.89. The molecule has 1 fully saturated rings. The Kier molecular flexibility index (Phi) is 3.92. The fourth-order valence-corrected chi connectivity index (χ4v) is 3.19. The number of aryl methyl sites for hydroxylation is 1. The van der Waals surface area contributed by atoms with E-state index >= 15 is 0 Å². The normalized spacial score (nSPS) is 19.9. The Bertz CT molecular complexity index is 626. The number of likely N-dealkylation sites (tertiary alicyclic amines) is 1. The molecule has 0 saturated carbocycles. The van der Waals surface area contributed by atoms with E-state index in [1.165, 1.54) is 6.42 Å². The van der Waals surface area contributed by atoms with Crippen molar-refractivity contribution in [3.05, 3.63) is 40.5 Å². The SMILES string of the molecule is Cc1c(Cl)c(CN2CCC(CN)C2)nc2ccccc12. The summed E-state index contributed by atoms with van der Waals surface area (Å²) in [6.45, 7) is 5.81. The standard InChI is InChI=1S/C16H20ClN3/c1-11-13-4-2-3-5-14(13)19-15(16(11)17)10-20-7-6-12(8-18)9-20/h2-5,12H,6-10,18H2,1H3. The van der Waals surface area contributed by atoms with Crippen molar-refractivity contribution in [3.8, 4) is 0 Å². The molecule has 2 aromatic rings. The molecule has 0 amide bonds. The van der Waals surface area contributed by atoms with E-state index in [0.29, 0.717) is 5.92 Å². The van der Waals surface area contributed by atoms with Crippen LogP contribution in [0, 0.1) is 12.8 Å². The Morgan fingerprint density at radius 2 is 2.20 bits per heavy atom. The highest BCUT2D eigenvalue weighted by Gasteiger charge is 2.22. The number of hydrogen-bond donors (Lipinski definition) is 1. The second-order valence-electron chi connectivity index (χ2n) is 5.64. The number of benzene rings is 1. The van der Waals surface area contributed by atoms with Gasteiger partial charge in [0.15, 0.2) is 0 Å². The number of rotatable bonds is 3. The first kappa shape index (κ1) is 13.8. The van der Waals surface area contributed by atoms with Gasteiger partial charge in [-0.3, -0.25) is 4.90 Å². The predicted molar refractivity (Wildman–Crippen MR) is 83.9 cm³/mol. The van der Waals surface area contributed by atoms with E-state index < -0.39 is 0 Å². The fraction of sp³-hybridized carbons (Fsp3) is 0.438. The molecule has 1 aromatic heterocycles. The number of nitrogens with zero attached hydrogens (tertiary/aromatic N) is 2. The van der Waals surface area contributed by atoms with Crippen LogP contribution in [0.25, 0.3) is 10.9 Å². The number of pyridine rings is 1. The molecular formula is C16H20ClN3. The average Bonchev–Trinajstić information content (AvgIpc) is 2.92. The number of hydrogen-bond acceptors (Lipinski definition) is 3. The highest BCUT2D eigenvalue weighted by atomic mass is 35.5. The van der Waals surface area contributed by atoms with E-state index in [4.69, 9.17) is 22.3 Å². The molecule has 106 valence electrons. The van der Waals surface area contributed by atoms with Crippen LogP contribution in [-0.2, 0) is 6.54 Å². The molecule has 0 bridgehead atoms. The Hall–Kier alpha value is -1.16. The van der Waals surface area contributed by atoms with Crippen molar-refractivity contribution >= 4 is 22.5 Å². The Morgan fingerprint density at radius 3 is 2.95 bits per heavy atom. The molecule has 1 atom stereocenters. The molecule has 20 heavy (non-hydrogen) atoms. The molecule has 2 N–H and O–H groups in total. The van der Waals surface area contributed by atoms with Crippen LogP contribution in [0.2, 0.25) is 5.02 Å². The molecule has 0 spiro atoms. The quantitative estimate of drug-likeness (QED) is 0.944. The first-order valence-corrected chi connectivity index (χ1v) is 7.53. The lowest BCUT2D eigenvalue weighted by Gasteiger charge is -2.17. The first-order valence-electron chi connectivity index (χ1n) is 7.15. The third-order valence-electron chi connectivity index (χ3n) is 4.22. The van der Waals surface area contributed by atoms with Gasteiger partial charge < -0.3 is 5.73 Å². The summed E-state index contributed by atoms with van der Waals surface area (Å²) >= 11 is 6.51. The Labute approximate surface area is 124 Å². The van der Waals surface area contributed by atoms with Gasteiger partial charge in [-0.1, -0.05) is 29.8 Å². The van der Waals surface area contributed by atoms with Crippen molar-refractivity contribution < 1.29 is 0 Å². The van der Waals surface area contributed by atoms with Crippen molar-refractivity contribution in [1.29, 1.82) is 0 Å². The fourth-order valence-electron chi connectivity index (χ4n) is 2.98. The summed E-state index contributed by atoms with van der Waals surface area (Å²) in [7, 11) is 0. The van der Waals surface area contributed by atoms with E-state index in [-0.39, 0.29) is 0 Å². The number of aromatic nitrogens is 1. The number of halogens is 1. The van der Waals surface area contributed by atoms with Crippen molar-refractivity contribution in [2.75, 3.05) is 19.6 Å². The second kappa shape index (κ2) is 5.68. The molecule has 4 heteroatoms. The van der Waals surface area contributed by atoms with Crippen molar-refractivity contribution in [2.45, 2.75) is 19.9 Å². The lowest BCUT2D eigenvalue weighted by Crippen LogP contribution is -2.23. The zero-order chi connectivity index (χ0) is 14.1. The number of fused-ring (bicyclic) bond motifs is 1. The maximum absolute atomic E-state index is 6.51. The summed E-state index contributed by atoms with van der Waals surface area (Å²) in [5.74, 6) is 0.621. The van der Waals surface area contributed by atoms with Crippen molar-refractivity contribution in [1.82, 2.24) is 9.88 Å². The lowest BCUT2D eigenvalue weighted by molar-refractivity contribution is 0.314. The topological polar surface area (TPSA) is 42.1 Å². The third kappa shape index (κ3) is 2.53. The molecule has 1 aliphatic rings. The zero-order valence-corrected chi connectivity index (χ0v) is 12.5. The molecule has 0 aliphatic carbocycles. The largest absolute Gasteiger partial charge is 0.330 e. The van der Waals surface area contributed by atoms with Gasteiger partial charge in [0.25, 0.3) is 0 Å². The molecule has 2 heterocycles. The highest BCUT2D eigenvalue weighted by molar-refractivity contribution is 6.32. The van der Waals surface area contributed by atoms with Crippen molar-refractivity contribution in [2.24, 2.45) is 11.7 Å². The van der Waals surface area contributed by atoms with Crippen LogP contribution in [0.3, 0.4) is 0 Å². The maximum Gasteiger partial charge on any atom is 0.0740 e. The van der Waals surface area contributed by atoms with E-state index in [2.05, 4.69) is 24.0 Å². The molecule has 0 radical (unpaired) electrons. The van der Waals surface area contributed by atoms with E-state index in [9.17, 15) is 0 Å². The Balaban J connectivity index is 1.90. The van der Waals surface area contributed by atoms with Crippen molar-refractivity contribution in [3.63, 3.8) is 0 Å². The summed E-state index contributed by atoms with van der Waals surface area (Å²) in [6, 6.07) is 8.18. The first-order chi connectivity index (χ1) is 9.69. The minimum absolute atomic E-state index is 0.621. The van der Waals surface area contributed by atoms with Crippen LogP contribution in [-0.4, -0.2) is 29.5 Å². The lowest BCUT2D eigenvalue weighted by atomic mass is 10.1. The summed E-state index contributed by atoms with van der Waals surface area (Å²) < 4.78 is 0. The zero-order valence-electron chi connectivity index (χ0n) is 11.8. The van der Waals surface area contributed by atoms with Crippen LogP contribution < -0.4 is 5.73 Å². The van der Waals surface area contributed by atoms with Crippen LogP contribution in [0.15, 0.2) is 24.3 Å². The van der Waals surface area contributed by atoms with Gasteiger partial charge in [0.1, 0.15) is 0 Å². The number of nitrogens with two attached hydrogens (primary N) is 1. The van der Waals surface area contributed by atoms with Crippen LogP contribution in [0.5, 0.6) is 0 Å². The molecule has 1 unspecified atom stereocenters. The van der Waals surface area contributed by atoms with E-state index in [1.54, 1.807) is 0 Å². The molecular weight excluding hydrogens is 270 g/mol. The predicted octanol–water partition coefficient (Wildman–Crippen LogP) is 2.98. The van der Waals surface area contributed by atoms with Crippen LogP contribution >= 0.6 is 11.6 Å². The molecule has 1 aromatic carbocycles. The van der Waals surface area contributed by atoms with Gasteiger partial charge in [-0.2, -0.15) is 0 Å². The molecule has 3 rings (SSSR count). The smallest absolute Gasteiger partial charge is 0.0740 e. The molecule has 1 aliphatic heterocycles. The minimum atomic E-state index is 0.621. The van der Waals surface area contributed by atoms with Gasteiger partial charge in [0, 0.05) is 18.5 Å². The van der Waals surface area contributed by atoms with Gasteiger partial charge in [0.05, 0.1) is 16.2 Å². The second-order valence-corrected chi connectivity index (χ2v) is 6.02. The average molecular weight is 290 g/mol. The van der Waals surface area contributed by atoms with Gasteiger partial charge >= 0.3 is 0 Å². The molecule has 3 nitrogen and oxygen atoms in total. The van der Waals surface area contributed by atoms with E-state index in [1.807, 2.05) is 12.1 Å². The monoisotopic (exact) mass is 289 g/mol. The van der Waals surface area contributed by atoms with Gasteiger partial charge in [0.2, 0.25) is 0 Å². The summed E-state index contributed by atoms with van der Waals surface area (Å²) in [5, 5.41) is 1.95. The third-order valence-corrected chi connectivity index (χ3v) is 4.72.